The minimum Gasteiger partial charge on any atom is -0.493 e. The SMILES string of the molecule is CCCOc1cccc(Cl)c1C1=NC(c2ccc(C(F)(F)F)cc2)=CC(CC)C(=O)N1. The monoisotopic (exact) mass is 450 g/mol. The highest BCUT2D eigenvalue weighted by Crippen LogP contribution is 2.33. The third-order valence-electron chi connectivity index (χ3n) is 4.79. The van der Waals surface area contributed by atoms with Crippen molar-refractivity contribution in [3.05, 3.63) is 70.3 Å². The fraction of sp³-hybridized carbons (Fsp3) is 0.304. The lowest BCUT2D eigenvalue weighted by Gasteiger charge is -2.15. The van der Waals surface area contributed by atoms with E-state index in [2.05, 4.69) is 10.3 Å². The van der Waals surface area contributed by atoms with Gasteiger partial charge in [-0.1, -0.05) is 43.6 Å². The standard InChI is InChI=1S/C23H22ClF3N2O2/c1-3-12-31-19-7-5-6-17(24)20(19)21-28-18(13-14(4-2)22(30)29-21)15-8-10-16(11-9-15)23(25,26)27/h5-11,13-14H,3-4,12H2,1-2H3,(H,28,29,30). The number of benzene rings is 2. The molecule has 1 heterocycles. The van der Waals surface area contributed by atoms with Gasteiger partial charge in [0.25, 0.3) is 0 Å². The molecule has 8 heteroatoms. The third-order valence-corrected chi connectivity index (χ3v) is 5.11. The summed E-state index contributed by atoms with van der Waals surface area (Å²) < 4.78 is 44.6. The summed E-state index contributed by atoms with van der Waals surface area (Å²) in [5.74, 6) is -0.107. The quantitative estimate of drug-likeness (QED) is 0.578. The average Bonchev–Trinajstić information content (AvgIpc) is 2.90. The van der Waals surface area contributed by atoms with Crippen molar-refractivity contribution in [3.63, 3.8) is 0 Å². The van der Waals surface area contributed by atoms with Gasteiger partial charge in [0.15, 0.2) is 0 Å². The zero-order chi connectivity index (χ0) is 22.6. The van der Waals surface area contributed by atoms with Crippen molar-refractivity contribution in [1.29, 1.82) is 0 Å². The predicted octanol–water partition coefficient (Wildman–Crippen LogP) is 6.09. The summed E-state index contributed by atoms with van der Waals surface area (Å²) in [5.41, 5.74) is 0.525. The molecule has 2 aromatic rings. The smallest absolute Gasteiger partial charge is 0.416 e. The first-order valence-electron chi connectivity index (χ1n) is 9.95. The van der Waals surface area contributed by atoms with E-state index in [-0.39, 0.29) is 11.7 Å². The lowest BCUT2D eigenvalue weighted by Crippen LogP contribution is -2.34. The fourth-order valence-electron chi connectivity index (χ4n) is 3.14. The third kappa shape index (κ3) is 5.28. The molecule has 0 saturated heterocycles. The first-order chi connectivity index (χ1) is 14.7. The molecule has 0 bridgehead atoms. The molecule has 164 valence electrons. The molecule has 3 rings (SSSR count). The normalized spacial score (nSPS) is 16.8. The molecule has 1 atom stereocenters. The predicted molar refractivity (Wildman–Crippen MR) is 115 cm³/mol. The number of nitrogens with zero attached hydrogens (tertiary/aromatic N) is 1. The van der Waals surface area contributed by atoms with Crippen molar-refractivity contribution in [2.45, 2.75) is 32.9 Å². The Labute approximate surface area is 183 Å². The maximum absolute atomic E-state index is 12.9. The Bertz CT molecular complexity index is 1010. The molecule has 4 nitrogen and oxygen atoms in total. The highest BCUT2D eigenvalue weighted by Gasteiger charge is 2.30. The molecule has 0 saturated carbocycles. The van der Waals surface area contributed by atoms with Crippen LogP contribution >= 0.6 is 11.6 Å². The number of carbonyl (C=O) groups is 1. The number of rotatable bonds is 6. The van der Waals surface area contributed by atoms with E-state index < -0.39 is 17.7 Å². The maximum atomic E-state index is 12.9. The van der Waals surface area contributed by atoms with Crippen LogP contribution in [0.1, 0.15) is 43.4 Å². The molecular weight excluding hydrogens is 429 g/mol. The molecule has 31 heavy (non-hydrogen) atoms. The van der Waals surface area contributed by atoms with Crippen molar-refractivity contribution >= 4 is 29.0 Å². The number of hydrogen-bond acceptors (Lipinski definition) is 3. The first-order valence-corrected chi connectivity index (χ1v) is 10.3. The van der Waals surface area contributed by atoms with Crippen LogP contribution in [0, 0.1) is 5.92 Å². The van der Waals surface area contributed by atoms with Gasteiger partial charge in [-0.2, -0.15) is 13.2 Å². The van der Waals surface area contributed by atoms with E-state index in [1.54, 1.807) is 24.3 Å². The highest BCUT2D eigenvalue weighted by atomic mass is 35.5. The van der Waals surface area contributed by atoms with E-state index in [0.29, 0.717) is 40.6 Å². The van der Waals surface area contributed by atoms with Crippen molar-refractivity contribution in [2.24, 2.45) is 10.9 Å². The Morgan fingerprint density at radius 3 is 2.45 bits per heavy atom. The van der Waals surface area contributed by atoms with Gasteiger partial charge >= 0.3 is 6.18 Å². The van der Waals surface area contributed by atoms with E-state index >= 15 is 0 Å². The van der Waals surface area contributed by atoms with Gasteiger partial charge in [0, 0.05) is 0 Å². The van der Waals surface area contributed by atoms with E-state index in [1.165, 1.54) is 12.1 Å². The Morgan fingerprint density at radius 1 is 1.13 bits per heavy atom. The number of carbonyl (C=O) groups excluding carboxylic acids is 1. The van der Waals surface area contributed by atoms with Gasteiger partial charge < -0.3 is 10.1 Å². The number of amidine groups is 1. The largest absolute Gasteiger partial charge is 0.493 e. The molecule has 1 N–H and O–H groups in total. The van der Waals surface area contributed by atoms with Gasteiger partial charge in [-0.25, -0.2) is 4.99 Å². The fourth-order valence-corrected chi connectivity index (χ4v) is 3.40. The van der Waals surface area contributed by atoms with Crippen LogP contribution in [-0.2, 0) is 11.0 Å². The van der Waals surface area contributed by atoms with Crippen molar-refractivity contribution < 1.29 is 22.7 Å². The van der Waals surface area contributed by atoms with Crippen LogP contribution < -0.4 is 10.1 Å². The molecule has 0 aromatic heterocycles. The summed E-state index contributed by atoms with van der Waals surface area (Å²) in [6.45, 7) is 4.27. The van der Waals surface area contributed by atoms with Crippen LogP contribution in [-0.4, -0.2) is 18.3 Å². The van der Waals surface area contributed by atoms with Gasteiger partial charge in [0.1, 0.15) is 11.6 Å². The Hall–Kier alpha value is -2.80. The second kappa shape index (κ2) is 9.56. The summed E-state index contributed by atoms with van der Waals surface area (Å²) in [6, 6.07) is 9.81. The number of aliphatic imine (C=N–C) groups is 1. The first kappa shape index (κ1) is 22.9. The maximum Gasteiger partial charge on any atom is 0.416 e. The molecule has 0 spiro atoms. The number of nitrogens with one attached hydrogen (secondary N) is 1. The molecule has 1 aliphatic rings. The molecule has 1 amide bonds. The Balaban J connectivity index is 2.10. The zero-order valence-corrected chi connectivity index (χ0v) is 17.8. The van der Waals surface area contributed by atoms with Crippen LogP contribution in [0.2, 0.25) is 5.02 Å². The van der Waals surface area contributed by atoms with Crippen LogP contribution in [0.5, 0.6) is 5.75 Å². The average molecular weight is 451 g/mol. The summed E-state index contributed by atoms with van der Waals surface area (Å²) >= 11 is 6.42. The lowest BCUT2D eigenvalue weighted by molar-refractivity contribution is -0.137. The van der Waals surface area contributed by atoms with E-state index in [0.717, 1.165) is 18.6 Å². The van der Waals surface area contributed by atoms with Crippen LogP contribution in [0.25, 0.3) is 5.70 Å². The molecular formula is C23H22ClF3N2O2. The van der Waals surface area contributed by atoms with Crippen molar-refractivity contribution in [1.82, 2.24) is 5.32 Å². The Kier molecular flexibility index (Phi) is 7.05. The summed E-state index contributed by atoms with van der Waals surface area (Å²) in [4.78, 5) is 17.3. The second-order valence-electron chi connectivity index (χ2n) is 7.05. The van der Waals surface area contributed by atoms with Crippen LogP contribution in [0.3, 0.4) is 0 Å². The van der Waals surface area contributed by atoms with Gasteiger partial charge in [-0.15, -0.1) is 0 Å². The molecule has 0 aliphatic carbocycles. The summed E-state index contributed by atoms with van der Waals surface area (Å²) in [5, 5.41) is 3.15. The number of amides is 1. The minimum absolute atomic E-state index is 0.198. The van der Waals surface area contributed by atoms with Crippen LogP contribution in [0.4, 0.5) is 13.2 Å². The number of ether oxygens (including phenoxy) is 1. The van der Waals surface area contributed by atoms with Crippen molar-refractivity contribution in [2.75, 3.05) is 6.61 Å². The van der Waals surface area contributed by atoms with Crippen molar-refractivity contribution in [3.8, 4) is 5.75 Å². The van der Waals surface area contributed by atoms with Gasteiger partial charge in [0.2, 0.25) is 5.91 Å². The highest BCUT2D eigenvalue weighted by molar-refractivity contribution is 6.35. The van der Waals surface area contributed by atoms with E-state index in [4.69, 9.17) is 16.3 Å². The number of alkyl halides is 3. The minimum atomic E-state index is -4.43. The number of hydrogen-bond donors (Lipinski definition) is 1. The van der Waals surface area contributed by atoms with Gasteiger partial charge in [-0.05, 0) is 48.7 Å². The summed E-state index contributed by atoms with van der Waals surface area (Å²) in [6.07, 6.45) is -1.49. The topological polar surface area (TPSA) is 50.7 Å². The van der Waals surface area contributed by atoms with Gasteiger partial charge in [0.05, 0.1) is 34.4 Å². The van der Waals surface area contributed by atoms with Gasteiger partial charge in [-0.3, -0.25) is 4.79 Å². The lowest BCUT2D eigenvalue weighted by atomic mass is 10.0. The molecule has 1 aliphatic heterocycles. The molecule has 0 radical (unpaired) electrons. The van der Waals surface area contributed by atoms with E-state index in [9.17, 15) is 18.0 Å². The zero-order valence-electron chi connectivity index (χ0n) is 17.1. The van der Waals surface area contributed by atoms with E-state index in [1.807, 2.05) is 13.8 Å². The van der Waals surface area contributed by atoms with Crippen LogP contribution in [0.15, 0.2) is 53.5 Å². The number of halogens is 4. The molecule has 2 aromatic carbocycles. The Morgan fingerprint density at radius 2 is 1.84 bits per heavy atom. The summed E-state index contributed by atoms with van der Waals surface area (Å²) in [7, 11) is 0. The molecule has 0 fully saturated rings. The second-order valence-corrected chi connectivity index (χ2v) is 7.46. The molecule has 1 unspecified atom stereocenters.